The normalized spacial score (nSPS) is 52.7. The van der Waals surface area contributed by atoms with E-state index in [9.17, 15) is 71.5 Å². The summed E-state index contributed by atoms with van der Waals surface area (Å²) in [6, 6.07) is 0. The molecule has 14 N–H and O–H groups in total. The summed E-state index contributed by atoms with van der Waals surface area (Å²) in [6.07, 6.45) is -22.6. The molecule has 3 unspecified atom stereocenters. The molecule has 4 aliphatic carbocycles. The lowest BCUT2D eigenvalue weighted by Gasteiger charge is -2.71. The van der Waals surface area contributed by atoms with Crippen molar-refractivity contribution in [2.75, 3.05) is 26.4 Å². The van der Waals surface area contributed by atoms with Gasteiger partial charge in [-0.1, -0.05) is 46.3 Å². The van der Waals surface area contributed by atoms with Crippen LogP contribution < -0.4 is 0 Å². The van der Waals surface area contributed by atoms with Crippen molar-refractivity contribution in [2.24, 2.45) is 45.3 Å². The summed E-state index contributed by atoms with van der Waals surface area (Å²) in [4.78, 5) is 0. The van der Waals surface area contributed by atoms with Crippen LogP contribution in [0.3, 0.4) is 0 Å². The maximum Gasteiger partial charge on any atom is 0.187 e. The quantitative estimate of drug-likeness (QED) is 0.0651. The molecule has 8 fully saturated rings. The van der Waals surface area contributed by atoms with Crippen molar-refractivity contribution >= 4 is 0 Å². The van der Waals surface area contributed by atoms with E-state index < -0.39 is 165 Å². The molecule has 22 heteroatoms. The fourth-order valence-electron chi connectivity index (χ4n) is 16.0. The minimum absolute atomic E-state index is 0.0508. The Morgan fingerprint density at radius 3 is 1.80 bits per heavy atom. The van der Waals surface area contributed by atoms with Crippen molar-refractivity contribution in [2.45, 2.75) is 248 Å². The van der Waals surface area contributed by atoms with E-state index in [0.29, 0.717) is 38.5 Å². The average molecular weight is 1080 g/mol. The Morgan fingerprint density at radius 1 is 0.587 bits per heavy atom. The van der Waals surface area contributed by atoms with Gasteiger partial charge in [-0.3, -0.25) is 0 Å². The van der Waals surface area contributed by atoms with E-state index in [-0.39, 0.29) is 41.1 Å². The number of hydrogen-bond acceptors (Lipinski definition) is 22. The van der Waals surface area contributed by atoms with Gasteiger partial charge in [-0.25, -0.2) is 0 Å². The first-order valence-corrected chi connectivity index (χ1v) is 27.3. The van der Waals surface area contributed by atoms with Gasteiger partial charge < -0.3 is 109 Å². The summed E-state index contributed by atoms with van der Waals surface area (Å²) >= 11 is 0. The van der Waals surface area contributed by atoms with E-state index in [0.717, 1.165) is 24.8 Å². The van der Waals surface area contributed by atoms with Crippen LogP contribution in [0.25, 0.3) is 0 Å². The number of fused-ring (bicyclic) bond motifs is 5. The first-order chi connectivity index (χ1) is 35.1. The van der Waals surface area contributed by atoms with Crippen LogP contribution in [0.1, 0.15) is 113 Å². The predicted molar refractivity (Wildman–Crippen MR) is 260 cm³/mol. The molecule has 0 amide bonds. The second kappa shape index (κ2) is 22.7. The Labute approximate surface area is 439 Å². The average Bonchev–Trinajstić information content (AvgIpc) is 3.75. The molecule has 8 rings (SSSR count). The van der Waals surface area contributed by atoms with Crippen molar-refractivity contribution < 1.29 is 109 Å². The van der Waals surface area contributed by atoms with Gasteiger partial charge in [0.1, 0.15) is 91.6 Å². The highest BCUT2D eigenvalue weighted by Gasteiger charge is 2.72. The molecular weight excluding hydrogens is 989 g/mol. The molecule has 4 saturated heterocycles. The lowest BCUT2D eigenvalue weighted by Crippen LogP contribution is -2.68. The van der Waals surface area contributed by atoms with Crippen molar-refractivity contribution in [1.82, 2.24) is 0 Å². The van der Waals surface area contributed by atoms with Gasteiger partial charge in [0.2, 0.25) is 0 Å². The second-order valence-corrected chi connectivity index (χ2v) is 25.3. The molecule has 0 radical (unpaired) electrons. The Balaban J connectivity index is 1.01. The molecule has 0 spiro atoms. The molecule has 75 heavy (non-hydrogen) atoms. The lowest BCUT2D eigenvalue weighted by atomic mass is 9.35. The molecule has 4 heterocycles. The molecule has 0 aromatic rings. The van der Waals surface area contributed by atoms with Crippen LogP contribution in [-0.2, 0) is 37.9 Å². The van der Waals surface area contributed by atoms with Gasteiger partial charge in [-0.05, 0) is 124 Å². The molecule has 22 nitrogen and oxygen atoms in total. The van der Waals surface area contributed by atoms with Crippen LogP contribution in [0.5, 0.6) is 0 Å². The van der Waals surface area contributed by atoms with E-state index in [1.807, 2.05) is 20.8 Å². The van der Waals surface area contributed by atoms with Gasteiger partial charge >= 0.3 is 0 Å². The maximum absolute atomic E-state index is 12.8. The predicted octanol–water partition coefficient (Wildman–Crippen LogP) is -1.56. The third kappa shape index (κ3) is 10.6. The monoisotopic (exact) mass is 1080 g/mol. The number of rotatable bonds is 15. The first-order valence-electron chi connectivity index (χ1n) is 27.3. The van der Waals surface area contributed by atoms with Gasteiger partial charge in [0.05, 0.1) is 44.2 Å². The topological polar surface area (TPSA) is 357 Å². The first kappa shape index (κ1) is 60.0. The van der Waals surface area contributed by atoms with Crippen LogP contribution in [-0.4, -0.2) is 232 Å². The van der Waals surface area contributed by atoms with Gasteiger partial charge in [0.15, 0.2) is 25.2 Å². The standard InChI is InChI=1S/C53H90O22/c1-23(2)10-9-14-53(8,75-47-43(67)39(63)37(61)29(72-47)22-69-45-41(65)34(58)26(57)21-68-45)24-11-16-52(7)33(24)25(56)18-31-50(5)15-13-32(49(3,4)30(50)12-17-51(31,52)6)73-48-44(40(64)36(60)28(20-55)71-48)74-46-42(66)38(62)35(59)27(19-54)70-46/h10,24-48,54-67H,9,11-22H2,1-8H3/t24-,25?,26+,27+,28+,29+,30-,31?,32-,33?,34-,35+,36+,37+,38-,39-,40-,41+,42+,43+,44+,45-,46-,47-,48-,50-,51+,52+,53-/m0/s1. The van der Waals surface area contributed by atoms with Gasteiger partial charge in [0, 0.05) is 0 Å². The number of ether oxygens (including phenoxy) is 8. The van der Waals surface area contributed by atoms with Crippen LogP contribution >= 0.6 is 0 Å². The zero-order chi connectivity index (χ0) is 55.1. The van der Waals surface area contributed by atoms with E-state index in [1.165, 1.54) is 0 Å². The highest BCUT2D eigenvalue weighted by atomic mass is 16.8. The molecule has 4 saturated carbocycles. The molecule has 0 aromatic heterocycles. The smallest absolute Gasteiger partial charge is 0.187 e. The Hall–Kier alpha value is -1.14. The number of aliphatic hydroxyl groups excluding tert-OH is 14. The molecule has 8 aliphatic rings. The molecule has 0 aromatic carbocycles. The molecule has 4 aliphatic heterocycles. The van der Waals surface area contributed by atoms with Crippen molar-refractivity contribution in [3.05, 3.63) is 11.6 Å². The third-order valence-electron chi connectivity index (χ3n) is 20.5. The second-order valence-electron chi connectivity index (χ2n) is 25.3. The van der Waals surface area contributed by atoms with Gasteiger partial charge in [0.25, 0.3) is 0 Å². The Bertz CT molecular complexity index is 1940. The van der Waals surface area contributed by atoms with Gasteiger partial charge in [-0.2, -0.15) is 0 Å². The zero-order valence-electron chi connectivity index (χ0n) is 44.7. The Morgan fingerprint density at radius 2 is 1.16 bits per heavy atom. The largest absolute Gasteiger partial charge is 0.394 e. The number of hydrogen-bond donors (Lipinski definition) is 14. The summed E-state index contributed by atoms with van der Waals surface area (Å²) in [5, 5.41) is 151. The van der Waals surface area contributed by atoms with Crippen LogP contribution in [0, 0.1) is 45.3 Å². The highest BCUT2D eigenvalue weighted by Crippen LogP contribution is 2.76. The van der Waals surface area contributed by atoms with Crippen LogP contribution in [0.4, 0.5) is 0 Å². The van der Waals surface area contributed by atoms with E-state index >= 15 is 0 Å². The number of aliphatic hydroxyl groups is 14. The van der Waals surface area contributed by atoms with Crippen LogP contribution in [0.15, 0.2) is 11.6 Å². The summed E-state index contributed by atoms with van der Waals surface area (Å²) in [5.41, 5.74) is -1.48. The fourth-order valence-corrected chi connectivity index (χ4v) is 16.0. The van der Waals surface area contributed by atoms with Crippen molar-refractivity contribution in [3.8, 4) is 0 Å². The van der Waals surface area contributed by atoms with Crippen molar-refractivity contribution in [1.29, 1.82) is 0 Å². The Kier molecular flexibility index (Phi) is 18.1. The number of allylic oxidation sites excluding steroid dienone is 2. The molecule has 0 bridgehead atoms. The minimum atomic E-state index is -1.81. The highest BCUT2D eigenvalue weighted by molar-refractivity contribution is 5.20. The third-order valence-corrected chi connectivity index (χ3v) is 20.5. The maximum atomic E-state index is 12.8. The van der Waals surface area contributed by atoms with Crippen molar-refractivity contribution in [3.63, 3.8) is 0 Å². The van der Waals surface area contributed by atoms with Crippen LogP contribution in [0.2, 0.25) is 0 Å². The van der Waals surface area contributed by atoms with E-state index in [4.69, 9.17) is 37.9 Å². The fraction of sp³-hybridized carbons (Fsp3) is 0.962. The summed E-state index contributed by atoms with van der Waals surface area (Å²) in [7, 11) is 0. The van der Waals surface area contributed by atoms with Gasteiger partial charge in [-0.15, -0.1) is 0 Å². The summed E-state index contributed by atoms with van der Waals surface area (Å²) in [6.45, 7) is 15.1. The SMILES string of the molecule is CC(C)=CCC[C@](C)(O[C@@H]1O[C@H](CO[C@@H]2OC[C@@H](O)[C@H](O)[C@H]2O)[C@@H](O)[C@H](O)[C@H]1O)[C@H]1CC[C@]2(C)C1C(O)CC1[C@@]3(C)CC[C@H](O[C@@H]4O[C@H](CO)[C@@H](O)[C@H](O)[C@H]4O[C@@H]4O[C@H](CO)[C@@H](O)[C@H](O)[C@H]4O)C(C)(C)[C@@H]3CC[C@]12C. The molecular formula is C53H90O22. The summed E-state index contributed by atoms with van der Waals surface area (Å²) < 4.78 is 48.8. The van der Waals surface area contributed by atoms with E-state index in [1.54, 1.807) is 0 Å². The zero-order valence-corrected chi connectivity index (χ0v) is 44.7. The summed E-state index contributed by atoms with van der Waals surface area (Å²) in [5.74, 6) is -0.395. The molecule has 434 valence electrons. The van der Waals surface area contributed by atoms with E-state index in [2.05, 4.69) is 40.7 Å². The molecule has 29 atom stereocenters. The lowest BCUT2D eigenvalue weighted by molar-refractivity contribution is -0.378. The minimum Gasteiger partial charge on any atom is -0.394 e.